The number of aliphatic hydroxyl groups is 1. The number of hydrogen-bond donors (Lipinski definition) is 1. The average molecular weight is 614 g/mol. The molecule has 1 amide bonds. The normalized spacial score (nSPS) is 15.4. The van der Waals surface area contributed by atoms with Crippen LogP contribution in [0.4, 0.5) is 14.6 Å². The van der Waals surface area contributed by atoms with Crippen molar-refractivity contribution in [1.82, 2.24) is 19.4 Å². The zero-order valence-corrected chi connectivity index (χ0v) is 25.3. The Morgan fingerprint density at radius 1 is 1.16 bits per heavy atom. The number of pyridine rings is 1. The standard InChI is InChI=1S/C34H33F2N5O4/c1-5-28(43)39-12-13-40(20(4)16-39)33-24-15-27(36)30(29-26(35)10-9-21-11-14-45-31(21)29)37-32(24)41(34(44)38-33)17-25-22(18-42)7-6-8-23(25)19(2)3/h5-11,14-15,19-20,42H,1,12-13,16-18H2,2-4H3/t20-/m0/s1. The summed E-state index contributed by atoms with van der Waals surface area (Å²) in [6, 6.07) is 10.9. The number of carbonyl (C=O) groups is 1. The Labute approximate surface area is 258 Å². The molecular weight excluding hydrogens is 580 g/mol. The second-order valence-corrected chi connectivity index (χ2v) is 11.6. The number of benzene rings is 2. The van der Waals surface area contributed by atoms with Crippen LogP contribution in [0.2, 0.25) is 0 Å². The Hall–Kier alpha value is -4.90. The maximum Gasteiger partial charge on any atom is 0.351 e. The van der Waals surface area contributed by atoms with Crippen molar-refractivity contribution >= 4 is 33.7 Å². The number of nitrogens with zero attached hydrogens (tertiary/aromatic N) is 5. The van der Waals surface area contributed by atoms with Crippen LogP contribution in [-0.4, -0.2) is 56.1 Å². The van der Waals surface area contributed by atoms with Gasteiger partial charge in [-0.15, -0.1) is 0 Å². The third-order valence-electron chi connectivity index (χ3n) is 8.50. The predicted octanol–water partition coefficient (Wildman–Crippen LogP) is 5.37. The van der Waals surface area contributed by atoms with E-state index >= 15 is 8.78 Å². The molecule has 2 aromatic carbocycles. The number of anilines is 1. The van der Waals surface area contributed by atoms with Crippen molar-refractivity contribution in [1.29, 1.82) is 0 Å². The maximum atomic E-state index is 16.1. The van der Waals surface area contributed by atoms with Gasteiger partial charge in [0.1, 0.15) is 28.6 Å². The van der Waals surface area contributed by atoms with Crippen molar-refractivity contribution in [3.05, 3.63) is 100 Å². The van der Waals surface area contributed by atoms with E-state index in [1.54, 1.807) is 17.0 Å². The van der Waals surface area contributed by atoms with Crippen molar-refractivity contribution in [3.63, 3.8) is 0 Å². The summed E-state index contributed by atoms with van der Waals surface area (Å²) in [4.78, 5) is 38.8. The minimum atomic E-state index is -0.815. The summed E-state index contributed by atoms with van der Waals surface area (Å²) in [5.74, 6) is -1.45. The lowest BCUT2D eigenvalue weighted by Gasteiger charge is -2.40. The Morgan fingerprint density at radius 2 is 1.96 bits per heavy atom. The van der Waals surface area contributed by atoms with Crippen LogP contribution in [0.25, 0.3) is 33.3 Å². The van der Waals surface area contributed by atoms with Crippen LogP contribution < -0.4 is 10.6 Å². The number of aliphatic hydroxyl groups excluding tert-OH is 1. The van der Waals surface area contributed by atoms with Gasteiger partial charge in [-0.2, -0.15) is 4.98 Å². The first-order valence-corrected chi connectivity index (χ1v) is 14.8. The number of amides is 1. The van der Waals surface area contributed by atoms with Crippen LogP contribution >= 0.6 is 0 Å². The highest BCUT2D eigenvalue weighted by Gasteiger charge is 2.30. The van der Waals surface area contributed by atoms with Crippen LogP contribution in [0.1, 0.15) is 43.4 Å². The third kappa shape index (κ3) is 5.27. The van der Waals surface area contributed by atoms with Crippen LogP contribution in [0.15, 0.2) is 70.6 Å². The number of hydrogen-bond acceptors (Lipinski definition) is 7. The molecule has 1 N–H and O–H groups in total. The molecule has 1 atom stereocenters. The average Bonchev–Trinajstić information content (AvgIpc) is 3.51. The van der Waals surface area contributed by atoms with Crippen LogP contribution in [0.5, 0.6) is 0 Å². The van der Waals surface area contributed by atoms with Gasteiger partial charge in [-0.25, -0.2) is 18.6 Å². The van der Waals surface area contributed by atoms with Gasteiger partial charge in [-0.1, -0.05) is 38.6 Å². The number of furan rings is 1. The van der Waals surface area contributed by atoms with Crippen molar-refractivity contribution < 1.29 is 23.1 Å². The van der Waals surface area contributed by atoms with Crippen molar-refractivity contribution in [2.45, 2.75) is 45.9 Å². The number of fused-ring (bicyclic) bond motifs is 2. The molecule has 45 heavy (non-hydrogen) atoms. The first-order valence-electron chi connectivity index (χ1n) is 14.8. The van der Waals surface area contributed by atoms with E-state index in [1.807, 2.05) is 37.8 Å². The molecule has 232 valence electrons. The molecule has 4 heterocycles. The first-order chi connectivity index (χ1) is 21.6. The Morgan fingerprint density at radius 3 is 2.67 bits per heavy atom. The van der Waals surface area contributed by atoms with Gasteiger partial charge in [0, 0.05) is 31.1 Å². The lowest BCUT2D eigenvalue weighted by Crippen LogP contribution is -2.54. The van der Waals surface area contributed by atoms with Gasteiger partial charge in [0.25, 0.3) is 0 Å². The van der Waals surface area contributed by atoms with Gasteiger partial charge in [-0.3, -0.25) is 9.36 Å². The fourth-order valence-electron chi connectivity index (χ4n) is 6.21. The van der Waals surface area contributed by atoms with E-state index in [0.29, 0.717) is 30.6 Å². The second-order valence-electron chi connectivity index (χ2n) is 11.6. The summed E-state index contributed by atoms with van der Waals surface area (Å²) < 4.78 is 38.4. The van der Waals surface area contributed by atoms with Gasteiger partial charge < -0.3 is 19.3 Å². The molecule has 3 aromatic heterocycles. The molecule has 9 nitrogen and oxygen atoms in total. The fourth-order valence-corrected chi connectivity index (χ4v) is 6.21. The van der Waals surface area contributed by atoms with E-state index in [2.05, 4.69) is 16.5 Å². The molecule has 1 saturated heterocycles. The minimum Gasteiger partial charge on any atom is -0.464 e. The quantitative estimate of drug-likeness (QED) is 0.246. The predicted molar refractivity (Wildman–Crippen MR) is 168 cm³/mol. The third-order valence-corrected chi connectivity index (χ3v) is 8.50. The highest BCUT2D eigenvalue weighted by atomic mass is 19.1. The monoisotopic (exact) mass is 613 g/mol. The molecule has 1 aliphatic heterocycles. The second kappa shape index (κ2) is 11.9. The smallest absolute Gasteiger partial charge is 0.351 e. The van der Waals surface area contributed by atoms with Gasteiger partial charge in [0.2, 0.25) is 5.91 Å². The Bertz CT molecular complexity index is 2020. The molecule has 1 fully saturated rings. The van der Waals surface area contributed by atoms with Gasteiger partial charge in [0.15, 0.2) is 5.82 Å². The molecule has 5 aromatic rings. The van der Waals surface area contributed by atoms with E-state index in [4.69, 9.17) is 4.42 Å². The van der Waals surface area contributed by atoms with Crippen molar-refractivity contribution in [2.75, 3.05) is 24.5 Å². The van der Waals surface area contributed by atoms with Crippen LogP contribution in [-0.2, 0) is 17.9 Å². The lowest BCUT2D eigenvalue weighted by atomic mass is 9.93. The number of rotatable bonds is 7. The molecule has 0 bridgehead atoms. The molecule has 6 rings (SSSR count). The summed E-state index contributed by atoms with van der Waals surface area (Å²) in [5, 5.41) is 11.0. The van der Waals surface area contributed by atoms with Crippen molar-refractivity contribution in [3.8, 4) is 11.3 Å². The summed E-state index contributed by atoms with van der Waals surface area (Å²) in [5.41, 5.74) is 1.42. The van der Waals surface area contributed by atoms with Crippen LogP contribution in [0.3, 0.4) is 0 Å². The van der Waals surface area contributed by atoms with Gasteiger partial charge in [-0.05, 0) is 59.9 Å². The Balaban J connectivity index is 1.60. The number of halogens is 2. The molecule has 0 unspecified atom stereocenters. The highest BCUT2D eigenvalue weighted by molar-refractivity contribution is 5.95. The molecule has 0 saturated carbocycles. The maximum absolute atomic E-state index is 16.1. The summed E-state index contributed by atoms with van der Waals surface area (Å²) in [6.07, 6.45) is 2.65. The molecule has 1 aliphatic rings. The zero-order valence-electron chi connectivity index (χ0n) is 25.3. The molecule has 11 heteroatoms. The minimum absolute atomic E-state index is 0.00443. The first kappa shape index (κ1) is 30.1. The van der Waals surface area contributed by atoms with Crippen molar-refractivity contribution in [2.24, 2.45) is 0 Å². The van der Waals surface area contributed by atoms with Gasteiger partial charge in [0.05, 0.1) is 30.4 Å². The van der Waals surface area contributed by atoms with E-state index in [0.717, 1.165) is 11.1 Å². The number of aromatic nitrogens is 3. The number of piperazine rings is 1. The molecule has 0 radical (unpaired) electrons. The van der Waals surface area contributed by atoms with E-state index < -0.39 is 17.3 Å². The SMILES string of the molecule is C=CC(=O)N1CCN(c2nc(=O)n(Cc3c(CO)cccc3C(C)C)c3nc(-c4c(F)ccc5ccoc45)c(F)cc23)[C@@H](C)C1. The van der Waals surface area contributed by atoms with Gasteiger partial charge >= 0.3 is 5.69 Å². The molecular formula is C34H33F2N5O4. The number of carbonyl (C=O) groups excluding carboxylic acids is 1. The topological polar surface area (TPSA) is 105 Å². The summed E-state index contributed by atoms with van der Waals surface area (Å²) >= 11 is 0. The van der Waals surface area contributed by atoms with E-state index in [-0.39, 0.29) is 64.7 Å². The summed E-state index contributed by atoms with van der Waals surface area (Å²) in [7, 11) is 0. The van der Waals surface area contributed by atoms with Crippen LogP contribution in [0, 0.1) is 11.6 Å². The Kier molecular flexibility index (Phi) is 7.96. The highest BCUT2D eigenvalue weighted by Crippen LogP contribution is 2.36. The van der Waals surface area contributed by atoms with E-state index in [1.165, 1.54) is 35.1 Å². The zero-order chi connectivity index (χ0) is 32.0. The molecule has 0 aliphatic carbocycles. The largest absolute Gasteiger partial charge is 0.464 e. The molecule has 0 spiro atoms. The summed E-state index contributed by atoms with van der Waals surface area (Å²) in [6.45, 7) is 10.3. The lowest BCUT2D eigenvalue weighted by molar-refractivity contribution is -0.126. The van der Waals surface area contributed by atoms with E-state index in [9.17, 15) is 14.7 Å². The fraction of sp³-hybridized carbons (Fsp3) is 0.294.